The first-order chi connectivity index (χ1) is 19.3. The van der Waals surface area contributed by atoms with E-state index in [1.807, 2.05) is 23.9 Å². The molecule has 2 atom stereocenters. The van der Waals surface area contributed by atoms with Gasteiger partial charge in [-0.1, -0.05) is 5.92 Å². The Morgan fingerprint density at radius 3 is 2.77 bits per heavy atom. The van der Waals surface area contributed by atoms with E-state index in [0.717, 1.165) is 37.6 Å². The fourth-order valence-electron chi connectivity index (χ4n) is 4.72. The molecule has 0 amide bonds. The van der Waals surface area contributed by atoms with Gasteiger partial charge in [0.15, 0.2) is 0 Å². The number of aliphatic hydroxyl groups is 1. The number of hydrogen-bond acceptors (Lipinski definition) is 6. The van der Waals surface area contributed by atoms with Gasteiger partial charge in [0.25, 0.3) is 5.56 Å². The lowest BCUT2D eigenvalue weighted by atomic mass is 9.84. The molecule has 10 heteroatoms. The van der Waals surface area contributed by atoms with Crippen LogP contribution in [0.3, 0.4) is 0 Å². The van der Waals surface area contributed by atoms with Crippen molar-refractivity contribution in [2.45, 2.75) is 30.9 Å². The van der Waals surface area contributed by atoms with Crippen molar-refractivity contribution >= 4 is 11.0 Å². The van der Waals surface area contributed by atoms with E-state index in [1.165, 1.54) is 29.9 Å². The summed E-state index contributed by atoms with van der Waals surface area (Å²) >= 11 is 0. The van der Waals surface area contributed by atoms with Gasteiger partial charge in [0.05, 0.1) is 10.9 Å². The number of aryl methyl sites for hydroxylation is 2. The molecule has 1 saturated heterocycles. The fourth-order valence-corrected chi connectivity index (χ4v) is 4.72. The molecule has 3 aromatic heterocycles. The zero-order valence-electron chi connectivity index (χ0n) is 22.0. The standard InChI is InChI=1S/C30H27F2N5O3/c1-36-17-13-22-26(34-29(35-27(22)36)40-19-21-8-6-15-33-21)10-4-3-5-14-30(39,23-9-7-16-37(2)28(23)38)24-18-20(31)11-12-25(24)32/h7,9,11-13,16-18,21,33,39H,6,8,14-15,19H2,1-2H3/t21-,30?/m0/s1. The van der Waals surface area contributed by atoms with E-state index in [4.69, 9.17) is 4.74 Å². The van der Waals surface area contributed by atoms with Crippen LogP contribution >= 0.6 is 0 Å². The van der Waals surface area contributed by atoms with Gasteiger partial charge in [-0.15, -0.1) is 0 Å². The number of nitrogens with one attached hydrogen (secondary N) is 1. The van der Waals surface area contributed by atoms with Gasteiger partial charge in [0.2, 0.25) is 0 Å². The minimum Gasteiger partial charge on any atom is -0.462 e. The highest BCUT2D eigenvalue weighted by Gasteiger charge is 2.36. The zero-order valence-corrected chi connectivity index (χ0v) is 22.0. The van der Waals surface area contributed by atoms with E-state index in [0.29, 0.717) is 23.3 Å². The summed E-state index contributed by atoms with van der Waals surface area (Å²) in [4.78, 5) is 21.8. The number of hydrogen-bond donors (Lipinski definition) is 2. The summed E-state index contributed by atoms with van der Waals surface area (Å²) < 4.78 is 37.8. The number of fused-ring (bicyclic) bond motifs is 1. The Morgan fingerprint density at radius 2 is 1.98 bits per heavy atom. The van der Waals surface area contributed by atoms with Crippen molar-refractivity contribution in [3.63, 3.8) is 0 Å². The lowest BCUT2D eigenvalue weighted by molar-refractivity contribution is 0.0800. The third-order valence-electron chi connectivity index (χ3n) is 6.90. The first-order valence-corrected chi connectivity index (χ1v) is 12.8. The molecule has 2 N–H and O–H groups in total. The van der Waals surface area contributed by atoms with Crippen molar-refractivity contribution in [1.82, 2.24) is 24.4 Å². The SMILES string of the molecule is Cn1cccc(C(O)(CC#CC#Cc2nc(OC[C@@H]3CCCN3)nc3c2ccn3C)c2cc(F)ccc2F)c1=O. The predicted octanol–water partition coefficient (Wildman–Crippen LogP) is 2.76. The Balaban J connectivity index is 1.46. The van der Waals surface area contributed by atoms with Crippen LogP contribution in [0.25, 0.3) is 11.0 Å². The van der Waals surface area contributed by atoms with Crippen molar-refractivity contribution in [3.8, 4) is 29.7 Å². The van der Waals surface area contributed by atoms with E-state index in [-0.39, 0.29) is 17.6 Å². The number of aromatic nitrogens is 4. The first-order valence-electron chi connectivity index (χ1n) is 12.8. The summed E-state index contributed by atoms with van der Waals surface area (Å²) in [6.07, 6.45) is 5.05. The average Bonchev–Trinajstić information content (AvgIpc) is 3.60. The van der Waals surface area contributed by atoms with E-state index < -0.39 is 34.8 Å². The molecule has 1 aliphatic rings. The zero-order chi connectivity index (χ0) is 28.3. The van der Waals surface area contributed by atoms with Crippen LogP contribution < -0.4 is 15.6 Å². The first kappa shape index (κ1) is 27.1. The number of halogens is 2. The molecule has 4 heterocycles. The second-order valence-electron chi connectivity index (χ2n) is 9.67. The average molecular weight is 544 g/mol. The molecule has 1 aromatic carbocycles. The molecule has 1 unspecified atom stereocenters. The summed E-state index contributed by atoms with van der Waals surface area (Å²) in [7, 11) is 3.36. The lowest BCUT2D eigenvalue weighted by Gasteiger charge is -2.27. The van der Waals surface area contributed by atoms with Crippen LogP contribution in [0.4, 0.5) is 8.78 Å². The van der Waals surface area contributed by atoms with E-state index in [1.54, 1.807) is 0 Å². The molecule has 204 valence electrons. The largest absolute Gasteiger partial charge is 0.462 e. The molecular weight excluding hydrogens is 516 g/mol. The third-order valence-corrected chi connectivity index (χ3v) is 6.90. The summed E-state index contributed by atoms with van der Waals surface area (Å²) in [5.74, 6) is 9.37. The second kappa shape index (κ2) is 11.3. The second-order valence-corrected chi connectivity index (χ2v) is 9.67. The maximum atomic E-state index is 14.8. The van der Waals surface area contributed by atoms with Crippen molar-refractivity contribution in [2.75, 3.05) is 13.2 Å². The van der Waals surface area contributed by atoms with E-state index in [9.17, 15) is 18.7 Å². The Hall–Kier alpha value is -4.51. The van der Waals surface area contributed by atoms with Crippen LogP contribution in [0.1, 0.15) is 36.1 Å². The van der Waals surface area contributed by atoms with Crippen molar-refractivity contribution < 1.29 is 18.6 Å². The van der Waals surface area contributed by atoms with Crippen LogP contribution in [-0.4, -0.2) is 43.4 Å². The van der Waals surface area contributed by atoms with Gasteiger partial charge >= 0.3 is 6.01 Å². The lowest BCUT2D eigenvalue weighted by Crippen LogP contribution is -2.36. The molecule has 5 rings (SSSR count). The molecule has 1 fully saturated rings. The van der Waals surface area contributed by atoms with Gasteiger partial charge < -0.3 is 24.3 Å². The monoisotopic (exact) mass is 543 g/mol. The van der Waals surface area contributed by atoms with Crippen LogP contribution in [-0.2, 0) is 19.7 Å². The molecule has 40 heavy (non-hydrogen) atoms. The van der Waals surface area contributed by atoms with E-state index >= 15 is 0 Å². The van der Waals surface area contributed by atoms with Crippen molar-refractivity contribution in [3.05, 3.63) is 87.6 Å². The molecule has 4 aromatic rings. The van der Waals surface area contributed by atoms with Gasteiger partial charge in [0, 0.05) is 44.5 Å². The summed E-state index contributed by atoms with van der Waals surface area (Å²) in [5.41, 5.74) is -2.24. The maximum absolute atomic E-state index is 14.8. The highest BCUT2D eigenvalue weighted by molar-refractivity contribution is 5.82. The summed E-state index contributed by atoms with van der Waals surface area (Å²) in [6.45, 7) is 1.40. The van der Waals surface area contributed by atoms with Gasteiger partial charge in [0.1, 0.15) is 35.2 Å². The topological polar surface area (TPSA) is 94.2 Å². The van der Waals surface area contributed by atoms with Crippen molar-refractivity contribution in [1.29, 1.82) is 0 Å². The molecule has 0 spiro atoms. The minimum absolute atomic E-state index is 0.135. The van der Waals surface area contributed by atoms with Crippen LogP contribution in [0, 0.1) is 35.3 Å². The molecule has 8 nitrogen and oxygen atoms in total. The van der Waals surface area contributed by atoms with E-state index in [2.05, 4.69) is 39.0 Å². The van der Waals surface area contributed by atoms with Gasteiger partial charge in [-0.25, -0.2) is 8.78 Å². The Labute approximate surface area is 229 Å². The quantitative estimate of drug-likeness (QED) is 0.364. The molecule has 0 bridgehead atoms. The van der Waals surface area contributed by atoms with Gasteiger partial charge in [-0.3, -0.25) is 4.79 Å². The highest BCUT2D eigenvalue weighted by atomic mass is 19.1. The number of nitrogens with zero attached hydrogens (tertiary/aromatic N) is 4. The van der Waals surface area contributed by atoms with Crippen LogP contribution in [0.2, 0.25) is 0 Å². The normalized spacial score (nSPS) is 16.1. The Morgan fingerprint density at radius 1 is 1.12 bits per heavy atom. The smallest absolute Gasteiger partial charge is 0.319 e. The van der Waals surface area contributed by atoms with Crippen molar-refractivity contribution in [2.24, 2.45) is 14.1 Å². The maximum Gasteiger partial charge on any atom is 0.319 e. The van der Waals surface area contributed by atoms with Crippen LogP contribution in [0.5, 0.6) is 6.01 Å². The number of rotatable bonds is 6. The number of pyridine rings is 1. The highest BCUT2D eigenvalue weighted by Crippen LogP contribution is 2.33. The molecular formula is C30H27F2N5O3. The number of ether oxygens (including phenoxy) is 1. The molecule has 0 saturated carbocycles. The van der Waals surface area contributed by atoms with Gasteiger partial charge in [-0.05, 0) is 73.5 Å². The molecule has 0 aliphatic carbocycles. The molecule has 0 radical (unpaired) electrons. The Bertz CT molecular complexity index is 1750. The van der Waals surface area contributed by atoms with Crippen LogP contribution in [0.15, 0.2) is 53.6 Å². The fraction of sp³-hybridized carbons (Fsp3) is 0.300. The summed E-state index contributed by atoms with van der Waals surface area (Å²) in [6, 6.07) is 7.90. The predicted molar refractivity (Wildman–Crippen MR) is 145 cm³/mol. The Kier molecular flexibility index (Phi) is 7.65. The number of benzene rings is 1. The molecule has 1 aliphatic heterocycles. The third kappa shape index (κ3) is 5.46. The summed E-state index contributed by atoms with van der Waals surface area (Å²) in [5, 5.41) is 15.7. The minimum atomic E-state index is -2.21. The van der Waals surface area contributed by atoms with Gasteiger partial charge in [-0.2, -0.15) is 9.97 Å².